The van der Waals surface area contributed by atoms with Crippen LogP contribution in [0.2, 0.25) is 5.02 Å². The van der Waals surface area contributed by atoms with E-state index >= 15 is 0 Å². The van der Waals surface area contributed by atoms with E-state index in [-0.39, 0.29) is 11.5 Å². The minimum Gasteiger partial charge on any atom is -0.271 e. The van der Waals surface area contributed by atoms with Crippen molar-refractivity contribution in [1.29, 1.82) is 0 Å². The van der Waals surface area contributed by atoms with Gasteiger partial charge in [0.2, 0.25) is 0 Å². The number of rotatable bonds is 3. The molecule has 100 valence electrons. The standard InChI is InChI=1S/C15H23ClN2/c1-11-6-7-12(10-13(11)16)14(18-17)15(2)8-4-3-5-9-15/h6-7,10,14,18H,3-5,8-9,17H2,1-2H3. The summed E-state index contributed by atoms with van der Waals surface area (Å²) in [5.41, 5.74) is 5.58. The Hall–Kier alpha value is -0.570. The van der Waals surface area contributed by atoms with E-state index in [2.05, 4.69) is 30.5 Å². The highest BCUT2D eigenvalue weighted by molar-refractivity contribution is 6.31. The van der Waals surface area contributed by atoms with Crippen molar-refractivity contribution < 1.29 is 0 Å². The first-order chi connectivity index (χ1) is 8.57. The van der Waals surface area contributed by atoms with Crippen molar-refractivity contribution in [2.45, 2.75) is 52.0 Å². The molecule has 0 saturated heterocycles. The van der Waals surface area contributed by atoms with Gasteiger partial charge in [-0.05, 0) is 42.4 Å². The van der Waals surface area contributed by atoms with Gasteiger partial charge in [0.25, 0.3) is 0 Å². The van der Waals surface area contributed by atoms with Crippen LogP contribution >= 0.6 is 11.6 Å². The van der Waals surface area contributed by atoms with Crippen molar-refractivity contribution >= 4 is 11.6 Å². The predicted octanol–water partition coefficient (Wildman–Crippen LogP) is 4.12. The molecule has 1 unspecified atom stereocenters. The van der Waals surface area contributed by atoms with E-state index in [0.717, 1.165) is 10.6 Å². The predicted molar refractivity (Wildman–Crippen MR) is 77.4 cm³/mol. The average Bonchev–Trinajstić information content (AvgIpc) is 2.35. The van der Waals surface area contributed by atoms with Gasteiger partial charge in [-0.15, -0.1) is 0 Å². The topological polar surface area (TPSA) is 38.0 Å². The minimum atomic E-state index is 0.191. The number of nitrogens with one attached hydrogen (secondary N) is 1. The lowest BCUT2D eigenvalue weighted by Gasteiger charge is -2.40. The third kappa shape index (κ3) is 2.71. The highest BCUT2D eigenvalue weighted by Gasteiger charge is 2.35. The summed E-state index contributed by atoms with van der Waals surface area (Å²) in [5.74, 6) is 5.82. The Labute approximate surface area is 115 Å². The highest BCUT2D eigenvalue weighted by Crippen LogP contribution is 2.45. The number of hydrogen-bond donors (Lipinski definition) is 2. The molecule has 1 aromatic rings. The van der Waals surface area contributed by atoms with Gasteiger partial charge in [0.15, 0.2) is 0 Å². The van der Waals surface area contributed by atoms with Crippen LogP contribution in [0.3, 0.4) is 0 Å². The summed E-state index contributed by atoms with van der Waals surface area (Å²) in [6, 6.07) is 6.47. The number of benzene rings is 1. The highest BCUT2D eigenvalue weighted by atomic mass is 35.5. The number of aryl methyl sites for hydroxylation is 1. The molecule has 0 aliphatic heterocycles. The monoisotopic (exact) mass is 266 g/mol. The number of hydrazine groups is 1. The zero-order valence-electron chi connectivity index (χ0n) is 11.3. The van der Waals surface area contributed by atoms with E-state index in [1.807, 2.05) is 6.92 Å². The van der Waals surface area contributed by atoms with E-state index < -0.39 is 0 Å². The van der Waals surface area contributed by atoms with Crippen molar-refractivity contribution in [3.8, 4) is 0 Å². The maximum Gasteiger partial charge on any atom is 0.0514 e. The third-order valence-corrected chi connectivity index (χ3v) is 4.80. The van der Waals surface area contributed by atoms with Crippen molar-refractivity contribution in [2.75, 3.05) is 0 Å². The zero-order chi connectivity index (χ0) is 13.2. The lowest BCUT2D eigenvalue weighted by molar-refractivity contribution is 0.145. The van der Waals surface area contributed by atoms with E-state index in [1.165, 1.54) is 37.7 Å². The Morgan fingerprint density at radius 1 is 1.28 bits per heavy atom. The SMILES string of the molecule is Cc1ccc(C(NN)C2(C)CCCCC2)cc1Cl. The molecule has 0 bridgehead atoms. The summed E-state index contributed by atoms with van der Waals surface area (Å²) in [5, 5.41) is 0.826. The zero-order valence-corrected chi connectivity index (χ0v) is 12.1. The van der Waals surface area contributed by atoms with Gasteiger partial charge in [0.1, 0.15) is 0 Å². The van der Waals surface area contributed by atoms with Gasteiger partial charge in [0, 0.05) is 5.02 Å². The third-order valence-electron chi connectivity index (χ3n) is 4.39. The molecule has 0 radical (unpaired) electrons. The molecule has 1 saturated carbocycles. The molecule has 0 amide bonds. The number of halogens is 1. The molecule has 18 heavy (non-hydrogen) atoms. The molecule has 3 N–H and O–H groups in total. The first kappa shape index (κ1) is 13.9. The molecule has 2 rings (SSSR count). The number of nitrogens with two attached hydrogens (primary N) is 1. The lowest BCUT2D eigenvalue weighted by Crippen LogP contribution is -2.41. The van der Waals surface area contributed by atoms with Gasteiger partial charge in [-0.2, -0.15) is 0 Å². The Kier molecular flexibility index (Phi) is 4.31. The summed E-state index contributed by atoms with van der Waals surface area (Å²) in [6.07, 6.45) is 6.41. The van der Waals surface area contributed by atoms with Crippen LogP contribution in [-0.4, -0.2) is 0 Å². The van der Waals surface area contributed by atoms with Gasteiger partial charge >= 0.3 is 0 Å². The lowest BCUT2D eigenvalue weighted by atomic mass is 9.69. The Morgan fingerprint density at radius 3 is 2.50 bits per heavy atom. The molecule has 2 nitrogen and oxygen atoms in total. The summed E-state index contributed by atoms with van der Waals surface area (Å²) in [4.78, 5) is 0. The van der Waals surface area contributed by atoms with Gasteiger partial charge < -0.3 is 0 Å². The fourth-order valence-electron chi connectivity index (χ4n) is 3.14. The summed E-state index contributed by atoms with van der Waals surface area (Å²) in [7, 11) is 0. The molecule has 1 aliphatic carbocycles. The normalized spacial score (nSPS) is 20.7. The van der Waals surface area contributed by atoms with Crippen molar-refractivity contribution in [3.05, 3.63) is 34.3 Å². The maximum absolute atomic E-state index is 6.23. The first-order valence-electron chi connectivity index (χ1n) is 6.79. The van der Waals surface area contributed by atoms with Gasteiger partial charge in [0.05, 0.1) is 6.04 Å². The van der Waals surface area contributed by atoms with Crippen molar-refractivity contribution in [2.24, 2.45) is 11.3 Å². The fourth-order valence-corrected chi connectivity index (χ4v) is 3.33. The van der Waals surface area contributed by atoms with E-state index in [4.69, 9.17) is 17.4 Å². The molecule has 1 aromatic carbocycles. The Bertz CT molecular complexity index is 411. The van der Waals surface area contributed by atoms with Crippen molar-refractivity contribution in [1.82, 2.24) is 5.43 Å². The second kappa shape index (κ2) is 5.60. The Balaban J connectivity index is 2.29. The second-order valence-electron chi connectivity index (χ2n) is 5.82. The molecular weight excluding hydrogens is 244 g/mol. The van der Waals surface area contributed by atoms with Crippen LogP contribution in [0.15, 0.2) is 18.2 Å². The molecule has 0 spiro atoms. The smallest absolute Gasteiger partial charge is 0.0514 e. The van der Waals surface area contributed by atoms with Crippen LogP contribution in [0, 0.1) is 12.3 Å². The molecule has 3 heteroatoms. The molecular formula is C15H23ClN2. The largest absolute Gasteiger partial charge is 0.271 e. The summed E-state index contributed by atoms with van der Waals surface area (Å²) in [6.45, 7) is 4.36. The average molecular weight is 267 g/mol. The molecule has 0 aromatic heterocycles. The van der Waals surface area contributed by atoms with Crippen LogP contribution in [0.1, 0.15) is 56.2 Å². The van der Waals surface area contributed by atoms with Crippen molar-refractivity contribution in [3.63, 3.8) is 0 Å². The second-order valence-corrected chi connectivity index (χ2v) is 6.23. The molecule has 1 atom stereocenters. The fraction of sp³-hybridized carbons (Fsp3) is 0.600. The van der Waals surface area contributed by atoms with E-state index in [1.54, 1.807) is 0 Å². The van der Waals surface area contributed by atoms with Crippen LogP contribution in [-0.2, 0) is 0 Å². The molecule has 0 heterocycles. The van der Waals surface area contributed by atoms with E-state index in [0.29, 0.717) is 0 Å². The van der Waals surface area contributed by atoms with Crippen LogP contribution < -0.4 is 11.3 Å². The van der Waals surface area contributed by atoms with Gasteiger partial charge in [-0.3, -0.25) is 11.3 Å². The minimum absolute atomic E-state index is 0.191. The Morgan fingerprint density at radius 2 is 1.94 bits per heavy atom. The quantitative estimate of drug-likeness (QED) is 0.638. The van der Waals surface area contributed by atoms with Crippen LogP contribution in [0.4, 0.5) is 0 Å². The van der Waals surface area contributed by atoms with Gasteiger partial charge in [-0.1, -0.05) is 49.9 Å². The summed E-state index contributed by atoms with van der Waals surface area (Å²) >= 11 is 6.23. The molecule has 1 aliphatic rings. The van der Waals surface area contributed by atoms with Gasteiger partial charge in [-0.25, -0.2) is 0 Å². The molecule has 1 fully saturated rings. The van der Waals surface area contributed by atoms with Crippen LogP contribution in [0.25, 0.3) is 0 Å². The van der Waals surface area contributed by atoms with E-state index in [9.17, 15) is 0 Å². The maximum atomic E-state index is 6.23. The summed E-state index contributed by atoms with van der Waals surface area (Å²) < 4.78 is 0. The van der Waals surface area contributed by atoms with Crippen LogP contribution in [0.5, 0.6) is 0 Å². The number of hydrogen-bond acceptors (Lipinski definition) is 2. The first-order valence-corrected chi connectivity index (χ1v) is 7.17.